The highest BCUT2D eigenvalue weighted by atomic mass is 79.9. The van der Waals surface area contributed by atoms with Crippen molar-refractivity contribution in [2.45, 2.75) is 19.9 Å². The smallest absolute Gasteiger partial charge is 0.224 e. The van der Waals surface area contributed by atoms with Gasteiger partial charge in [-0.15, -0.1) is 11.3 Å². The van der Waals surface area contributed by atoms with E-state index in [9.17, 15) is 4.79 Å². The highest BCUT2D eigenvalue weighted by Gasteiger charge is 2.06. The number of halogens is 1. The summed E-state index contributed by atoms with van der Waals surface area (Å²) < 4.78 is 1.09. The fourth-order valence-corrected chi connectivity index (χ4v) is 3.10. The summed E-state index contributed by atoms with van der Waals surface area (Å²) in [6.07, 6.45) is 0.444. The van der Waals surface area contributed by atoms with Gasteiger partial charge in [-0.3, -0.25) is 4.79 Å². The summed E-state index contributed by atoms with van der Waals surface area (Å²) in [5.74, 6) is 0.0637. The lowest BCUT2D eigenvalue weighted by Gasteiger charge is -2.06. The zero-order valence-electron chi connectivity index (χ0n) is 10.1. The number of thiophene rings is 1. The van der Waals surface area contributed by atoms with Crippen LogP contribution >= 0.6 is 27.3 Å². The molecule has 0 bridgehead atoms. The number of carbonyl (C=O) groups excluding carboxylic acids is 1. The maximum absolute atomic E-state index is 11.8. The molecule has 0 saturated heterocycles. The van der Waals surface area contributed by atoms with Crippen molar-refractivity contribution < 1.29 is 4.79 Å². The Morgan fingerprint density at radius 1 is 1.28 bits per heavy atom. The summed E-state index contributed by atoms with van der Waals surface area (Å²) in [7, 11) is 0. The van der Waals surface area contributed by atoms with Crippen LogP contribution < -0.4 is 5.32 Å². The molecule has 1 heterocycles. The minimum Gasteiger partial charge on any atom is -0.351 e. The fourth-order valence-electron chi connectivity index (χ4n) is 1.68. The zero-order valence-corrected chi connectivity index (χ0v) is 12.5. The van der Waals surface area contributed by atoms with Gasteiger partial charge in [0.1, 0.15) is 0 Å². The molecule has 2 nitrogen and oxygen atoms in total. The quantitative estimate of drug-likeness (QED) is 0.913. The molecule has 0 fully saturated rings. The Labute approximate surface area is 119 Å². The lowest BCUT2D eigenvalue weighted by Crippen LogP contribution is -2.24. The lowest BCUT2D eigenvalue weighted by molar-refractivity contribution is -0.120. The molecule has 0 aliphatic carbocycles. The van der Waals surface area contributed by atoms with E-state index >= 15 is 0 Å². The van der Waals surface area contributed by atoms with Crippen LogP contribution in [0.1, 0.15) is 16.0 Å². The van der Waals surface area contributed by atoms with Crippen molar-refractivity contribution in [3.8, 4) is 0 Å². The van der Waals surface area contributed by atoms with E-state index in [1.807, 2.05) is 43.3 Å². The Morgan fingerprint density at radius 2 is 2.06 bits per heavy atom. The molecule has 0 aliphatic rings. The van der Waals surface area contributed by atoms with Gasteiger partial charge in [-0.2, -0.15) is 0 Å². The predicted molar refractivity (Wildman–Crippen MR) is 78.7 cm³/mol. The van der Waals surface area contributed by atoms with E-state index in [1.54, 1.807) is 11.3 Å². The van der Waals surface area contributed by atoms with Gasteiger partial charge >= 0.3 is 0 Å². The first kappa shape index (κ1) is 13.3. The maximum atomic E-state index is 11.8. The molecule has 0 atom stereocenters. The first-order valence-corrected chi connectivity index (χ1v) is 7.31. The van der Waals surface area contributed by atoms with Crippen LogP contribution in [0.2, 0.25) is 0 Å². The molecule has 0 aliphatic heterocycles. The first-order valence-electron chi connectivity index (χ1n) is 5.70. The number of amides is 1. The standard InChI is InChI=1S/C14H14BrNOS/c1-10-4-2-3-5-11(10)8-14(17)16-9-12-6-7-13(15)18-12/h2-7H,8-9H2,1H3,(H,16,17). The second kappa shape index (κ2) is 6.16. The van der Waals surface area contributed by atoms with Gasteiger partial charge in [-0.1, -0.05) is 24.3 Å². The van der Waals surface area contributed by atoms with Gasteiger partial charge in [-0.05, 0) is 46.1 Å². The molecule has 2 rings (SSSR count). The van der Waals surface area contributed by atoms with Crippen LogP contribution in [-0.4, -0.2) is 5.91 Å². The number of aryl methyl sites for hydroxylation is 1. The SMILES string of the molecule is Cc1ccccc1CC(=O)NCc1ccc(Br)s1. The summed E-state index contributed by atoms with van der Waals surface area (Å²) in [6, 6.07) is 12.0. The third-order valence-electron chi connectivity index (χ3n) is 2.70. The van der Waals surface area contributed by atoms with Crippen LogP contribution in [-0.2, 0) is 17.8 Å². The van der Waals surface area contributed by atoms with Gasteiger partial charge < -0.3 is 5.32 Å². The number of benzene rings is 1. The molecular weight excluding hydrogens is 310 g/mol. The summed E-state index contributed by atoms with van der Waals surface area (Å²) in [5.41, 5.74) is 2.24. The highest BCUT2D eigenvalue weighted by Crippen LogP contribution is 2.21. The lowest BCUT2D eigenvalue weighted by atomic mass is 10.1. The average molecular weight is 324 g/mol. The molecule has 1 aromatic carbocycles. The van der Waals surface area contributed by atoms with Crippen molar-refractivity contribution in [1.29, 1.82) is 0 Å². The number of hydrogen-bond acceptors (Lipinski definition) is 2. The number of rotatable bonds is 4. The monoisotopic (exact) mass is 323 g/mol. The van der Waals surface area contributed by atoms with Crippen molar-refractivity contribution in [3.63, 3.8) is 0 Å². The van der Waals surface area contributed by atoms with E-state index in [4.69, 9.17) is 0 Å². The van der Waals surface area contributed by atoms with Gasteiger partial charge in [0.25, 0.3) is 0 Å². The van der Waals surface area contributed by atoms with Crippen LogP contribution in [0.4, 0.5) is 0 Å². The van der Waals surface area contributed by atoms with Gasteiger partial charge in [-0.25, -0.2) is 0 Å². The van der Waals surface area contributed by atoms with Gasteiger partial charge in [0.15, 0.2) is 0 Å². The van der Waals surface area contributed by atoms with E-state index in [-0.39, 0.29) is 5.91 Å². The molecular formula is C14H14BrNOS. The van der Waals surface area contributed by atoms with Crippen molar-refractivity contribution in [1.82, 2.24) is 5.32 Å². The zero-order chi connectivity index (χ0) is 13.0. The van der Waals surface area contributed by atoms with E-state index in [2.05, 4.69) is 21.2 Å². The maximum Gasteiger partial charge on any atom is 0.224 e. The summed E-state index contributed by atoms with van der Waals surface area (Å²) >= 11 is 5.05. The number of nitrogens with one attached hydrogen (secondary N) is 1. The second-order valence-corrected chi connectivity index (χ2v) is 6.63. The normalized spacial score (nSPS) is 10.3. The minimum absolute atomic E-state index is 0.0637. The predicted octanol–water partition coefficient (Wildman–Crippen LogP) is 3.68. The Bertz CT molecular complexity index is 550. The molecule has 94 valence electrons. The molecule has 1 aromatic heterocycles. The van der Waals surface area contributed by atoms with Gasteiger partial charge in [0.2, 0.25) is 5.91 Å². The minimum atomic E-state index is 0.0637. The number of carbonyl (C=O) groups is 1. The molecule has 2 aromatic rings. The highest BCUT2D eigenvalue weighted by molar-refractivity contribution is 9.11. The molecule has 0 unspecified atom stereocenters. The first-order chi connectivity index (χ1) is 8.65. The van der Waals surface area contributed by atoms with E-state index in [1.165, 1.54) is 0 Å². The third-order valence-corrected chi connectivity index (χ3v) is 4.32. The Morgan fingerprint density at radius 3 is 2.72 bits per heavy atom. The third kappa shape index (κ3) is 3.68. The number of hydrogen-bond donors (Lipinski definition) is 1. The topological polar surface area (TPSA) is 29.1 Å². The van der Waals surface area contributed by atoms with Crippen LogP contribution in [0.3, 0.4) is 0 Å². The molecule has 0 radical (unpaired) electrons. The summed E-state index contributed by atoms with van der Waals surface area (Å²) in [6.45, 7) is 2.62. The van der Waals surface area contributed by atoms with E-state index < -0.39 is 0 Å². The van der Waals surface area contributed by atoms with Crippen molar-refractivity contribution in [2.24, 2.45) is 0 Å². The Kier molecular flexibility index (Phi) is 4.55. The molecule has 0 saturated carbocycles. The van der Waals surface area contributed by atoms with Crippen LogP contribution in [0.25, 0.3) is 0 Å². The average Bonchev–Trinajstić information content (AvgIpc) is 2.76. The Hall–Kier alpha value is -1.13. The van der Waals surface area contributed by atoms with E-state index in [0.717, 1.165) is 19.8 Å². The van der Waals surface area contributed by atoms with Crippen molar-refractivity contribution >= 4 is 33.2 Å². The van der Waals surface area contributed by atoms with Crippen LogP contribution in [0.5, 0.6) is 0 Å². The fraction of sp³-hybridized carbons (Fsp3) is 0.214. The molecule has 1 amide bonds. The van der Waals surface area contributed by atoms with Crippen molar-refractivity contribution in [2.75, 3.05) is 0 Å². The van der Waals surface area contributed by atoms with Crippen LogP contribution in [0, 0.1) is 6.92 Å². The second-order valence-electron chi connectivity index (χ2n) is 4.09. The van der Waals surface area contributed by atoms with Crippen molar-refractivity contribution in [3.05, 3.63) is 56.2 Å². The largest absolute Gasteiger partial charge is 0.351 e. The van der Waals surface area contributed by atoms with Crippen LogP contribution in [0.15, 0.2) is 40.2 Å². The van der Waals surface area contributed by atoms with E-state index in [0.29, 0.717) is 13.0 Å². The summed E-state index contributed by atoms with van der Waals surface area (Å²) in [4.78, 5) is 13.0. The Balaban J connectivity index is 1.88. The molecule has 18 heavy (non-hydrogen) atoms. The molecule has 0 spiro atoms. The summed E-state index contributed by atoms with van der Waals surface area (Å²) in [5, 5.41) is 2.94. The van der Waals surface area contributed by atoms with Gasteiger partial charge in [0, 0.05) is 4.88 Å². The molecule has 4 heteroatoms. The molecule has 1 N–H and O–H groups in total. The van der Waals surface area contributed by atoms with Gasteiger partial charge in [0.05, 0.1) is 16.8 Å².